The van der Waals surface area contributed by atoms with E-state index in [0.717, 1.165) is 32.3 Å². The minimum Gasteiger partial charge on any atom is -0.385 e. The van der Waals surface area contributed by atoms with Gasteiger partial charge in [0.05, 0.1) is 0 Å². The van der Waals surface area contributed by atoms with Crippen LogP contribution in [0, 0.1) is 0 Å². The Kier molecular flexibility index (Phi) is 31.7. The molecule has 0 saturated carbocycles. The fourth-order valence-electron chi connectivity index (χ4n) is 2.92. The van der Waals surface area contributed by atoms with Crippen molar-refractivity contribution in [2.75, 3.05) is 59.8 Å². The second kappa shape index (κ2) is 30.4. The first-order valence-electron chi connectivity index (χ1n) is 14.8. The highest BCUT2D eigenvalue weighted by atomic mass is 31.1. The minimum atomic E-state index is -4.94. The van der Waals surface area contributed by atoms with Gasteiger partial charge < -0.3 is 20.7 Å². The van der Waals surface area contributed by atoms with E-state index in [1.54, 1.807) is 23.1 Å². The summed E-state index contributed by atoms with van der Waals surface area (Å²) in [5.74, 6) is -6.04. The van der Waals surface area contributed by atoms with Crippen LogP contribution >= 0.6 is 16.5 Å². The summed E-state index contributed by atoms with van der Waals surface area (Å²) in [4.78, 5) is 31.4. The van der Waals surface area contributed by atoms with Crippen LogP contribution in [0.1, 0.15) is 71.6 Å². The van der Waals surface area contributed by atoms with Gasteiger partial charge in [-0.25, -0.2) is 0 Å². The van der Waals surface area contributed by atoms with Crippen LogP contribution in [0.4, 0.5) is 39.5 Å². The normalized spacial score (nSPS) is 11.8. The number of methoxy groups -OCH3 is 1. The molecule has 0 saturated heterocycles. The number of carbonyl (C=O) groups excluding carboxylic acids is 3. The molecule has 1 atom stereocenters. The largest absolute Gasteiger partial charge is 0.697 e. The van der Waals surface area contributed by atoms with Crippen LogP contribution in [0.2, 0.25) is 0 Å². The Labute approximate surface area is 286 Å². The van der Waals surface area contributed by atoms with Gasteiger partial charge in [-0.05, 0) is 51.4 Å². The molecule has 0 heterocycles. The Morgan fingerprint density at radius 2 is 0.700 bits per heavy atom. The molecular formula is C26H46F9N3O10P2+2. The van der Waals surface area contributed by atoms with Gasteiger partial charge in [0, 0.05) is 42.5 Å². The molecule has 1 unspecified atom stereocenters. The summed E-state index contributed by atoms with van der Waals surface area (Å²) in [7, 11) is -3.02. The highest BCUT2D eigenvalue weighted by Crippen LogP contribution is 2.25. The zero-order valence-electron chi connectivity index (χ0n) is 26.6. The standard InChI is InChI=1S/C13H23F3NO5P.C12H17F6N2O5P.CH4/c1-20-9-5-2-3-6-10-21-23(19)22-11-7-4-8-17-12(18)13(14,15)16;13-11(14,15)9(21)19-5-1-3-7-24-26(23)25-8-4-2-6-20-10(22)12(16,17)18;/h2-11H2,1H3;1-8H2,(H-,19,20,21,22);1H4/p+2. The van der Waals surface area contributed by atoms with E-state index >= 15 is 0 Å². The molecule has 3 N–H and O–H groups in total. The number of rotatable bonds is 26. The second-order valence-corrected chi connectivity index (χ2v) is 11.5. The molecule has 3 amide bonds. The van der Waals surface area contributed by atoms with Crippen molar-refractivity contribution in [2.45, 2.75) is 90.2 Å². The third-order valence-corrected chi connectivity index (χ3v) is 6.95. The van der Waals surface area contributed by atoms with Gasteiger partial charge in [-0.1, -0.05) is 20.3 Å². The molecule has 0 aromatic rings. The summed E-state index contributed by atoms with van der Waals surface area (Å²) >= 11 is 0. The van der Waals surface area contributed by atoms with Crippen LogP contribution in [-0.4, -0.2) is 96.0 Å². The third kappa shape index (κ3) is 34.2. The van der Waals surface area contributed by atoms with Crippen LogP contribution in [-0.2, 0) is 46.3 Å². The fraction of sp³-hybridized carbons (Fsp3) is 0.885. The summed E-state index contributed by atoms with van der Waals surface area (Å²) in [6.07, 6.45) is -9.56. The van der Waals surface area contributed by atoms with Crippen molar-refractivity contribution in [3.63, 3.8) is 0 Å². The van der Waals surface area contributed by atoms with Crippen LogP contribution < -0.4 is 16.0 Å². The van der Waals surface area contributed by atoms with Crippen molar-refractivity contribution >= 4 is 34.2 Å². The van der Waals surface area contributed by atoms with Gasteiger partial charge in [0.25, 0.3) is 0 Å². The smallest absolute Gasteiger partial charge is 0.385 e. The van der Waals surface area contributed by atoms with Crippen LogP contribution in [0.5, 0.6) is 0 Å². The number of unbranched alkanes of at least 4 members (excludes halogenated alkanes) is 6. The quantitative estimate of drug-likeness (QED) is 0.0495. The lowest BCUT2D eigenvalue weighted by molar-refractivity contribution is -0.173. The molecule has 0 spiro atoms. The van der Waals surface area contributed by atoms with E-state index in [1.807, 2.05) is 0 Å². The molecule has 0 rings (SSSR count). The number of ether oxygens (including phenoxy) is 1. The van der Waals surface area contributed by atoms with Crippen LogP contribution in [0.3, 0.4) is 0 Å². The van der Waals surface area contributed by atoms with E-state index < -0.39 is 52.8 Å². The molecular weight excluding hydrogens is 747 g/mol. The number of carbonyl (C=O) groups is 3. The van der Waals surface area contributed by atoms with E-state index in [9.17, 15) is 63.0 Å². The van der Waals surface area contributed by atoms with Crippen molar-refractivity contribution in [1.29, 1.82) is 0 Å². The zero-order chi connectivity index (χ0) is 37.8. The molecule has 0 fully saturated rings. The number of hydrogen-bond acceptors (Lipinski definition) is 10. The highest BCUT2D eigenvalue weighted by molar-refractivity contribution is 7.33. The molecule has 0 aliphatic heterocycles. The molecule has 0 radical (unpaired) electrons. The predicted octanol–water partition coefficient (Wildman–Crippen LogP) is 6.57. The number of halogens is 9. The van der Waals surface area contributed by atoms with Gasteiger partial charge in [0.15, 0.2) is 0 Å². The number of nitrogens with one attached hydrogen (secondary N) is 3. The van der Waals surface area contributed by atoms with Gasteiger partial charge in [0.2, 0.25) is 0 Å². The van der Waals surface area contributed by atoms with E-state index in [1.165, 1.54) is 0 Å². The number of alkyl halides is 9. The average molecular weight is 794 g/mol. The number of hydrogen-bond donors (Lipinski definition) is 3. The molecule has 296 valence electrons. The maximum absolute atomic E-state index is 11.9. The molecule has 0 aliphatic carbocycles. The van der Waals surface area contributed by atoms with Crippen molar-refractivity contribution in [3.05, 3.63) is 0 Å². The molecule has 50 heavy (non-hydrogen) atoms. The topological polar surface area (TPSA) is 168 Å². The lowest BCUT2D eigenvalue weighted by Gasteiger charge is -2.06. The minimum absolute atomic E-state index is 0. The Bertz CT molecular complexity index is 922. The van der Waals surface area contributed by atoms with Gasteiger partial charge in [0.1, 0.15) is 26.4 Å². The van der Waals surface area contributed by atoms with Gasteiger partial charge in [-0.15, -0.1) is 18.1 Å². The predicted molar refractivity (Wildman–Crippen MR) is 161 cm³/mol. The lowest BCUT2D eigenvalue weighted by Crippen LogP contribution is -2.37. The Hall–Kier alpha value is -2.22. The second-order valence-electron chi connectivity index (χ2n) is 9.57. The van der Waals surface area contributed by atoms with E-state index in [4.69, 9.17) is 22.8 Å². The van der Waals surface area contributed by atoms with E-state index in [0.29, 0.717) is 19.4 Å². The lowest BCUT2D eigenvalue weighted by atomic mass is 10.2. The highest BCUT2D eigenvalue weighted by Gasteiger charge is 2.39. The zero-order valence-corrected chi connectivity index (χ0v) is 28.4. The number of amides is 3. The first kappa shape index (κ1) is 52.1. The Morgan fingerprint density at radius 3 is 0.940 bits per heavy atom. The first-order chi connectivity index (χ1) is 22.8. The van der Waals surface area contributed by atoms with Crippen molar-refractivity contribution in [1.82, 2.24) is 16.0 Å². The molecule has 13 nitrogen and oxygen atoms in total. The summed E-state index contributed by atoms with van der Waals surface area (Å²) < 4.78 is 154. The van der Waals surface area contributed by atoms with E-state index in [-0.39, 0.29) is 72.6 Å². The van der Waals surface area contributed by atoms with Crippen molar-refractivity contribution < 1.29 is 85.9 Å². The maximum Gasteiger partial charge on any atom is 0.697 e. The average Bonchev–Trinajstić information content (AvgIpc) is 3.00. The van der Waals surface area contributed by atoms with Crippen LogP contribution in [0.15, 0.2) is 0 Å². The summed E-state index contributed by atoms with van der Waals surface area (Å²) in [5, 5.41) is 5.06. The summed E-state index contributed by atoms with van der Waals surface area (Å²) in [5.41, 5.74) is 0. The Morgan fingerprint density at radius 1 is 0.460 bits per heavy atom. The molecule has 0 bridgehead atoms. The van der Waals surface area contributed by atoms with Gasteiger partial charge >= 0.3 is 52.8 Å². The van der Waals surface area contributed by atoms with Crippen molar-refractivity contribution in [3.8, 4) is 0 Å². The third-order valence-electron chi connectivity index (χ3n) is 5.37. The summed E-state index contributed by atoms with van der Waals surface area (Å²) in [6, 6.07) is 0. The molecule has 0 aromatic carbocycles. The Balaban J connectivity index is -0.000000873. The molecule has 24 heteroatoms. The fourth-order valence-corrected chi connectivity index (χ4v) is 4.18. The summed E-state index contributed by atoms with van der Waals surface area (Å²) in [6.45, 7) is 0.473. The first-order valence-corrected chi connectivity index (χ1v) is 17.0. The van der Waals surface area contributed by atoms with Crippen LogP contribution in [0.25, 0.3) is 0 Å². The monoisotopic (exact) mass is 793 g/mol. The SMILES string of the molecule is C.COCCCCCCO[P+](=O)OCCCCNC(=O)C(F)(F)F.O=C(NCCCCO[P+](=O)OCCCCNC(=O)C(F)(F)F)C(F)(F)F. The molecule has 0 aliphatic rings. The van der Waals surface area contributed by atoms with E-state index in [2.05, 4.69) is 0 Å². The van der Waals surface area contributed by atoms with Crippen molar-refractivity contribution in [2.24, 2.45) is 0 Å². The van der Waals surface area contributed by atoms with Gasteiger partial charge in [-0.3, -0.25) is 14.4 Å². The maximum atomic E-state index is 11.9. The molecule has 0 aromatic heterocycles. The van der Waals surface area contributed by atoms with Gasteiger partial charge in [-0.2, -0.15) is 39.5 Å².